The van der Waals surface area contributed by atoms with Gasteiger partial charge in [-0.3, -0.25) is 14.4 Å². The number of halogens is 4. The van der Waals surface area contributed by atoms with Crippen LogP contribution in [0.15, 0.2) is 36.4 Å². The Labute approximate surface area is 282 Å². The van der Waals surface area contributed by atoms with Crippen LogP contribution in [0.1, 0.15) is 55.2 Å². The van der Waals surface area contributed by atoms with Gasteiger partial charge in [0.15, 0.2) is 0 Å². The molecule has 0 spiro atoms. The number of esters is 1. The zero-order valence-corrected chi connectivity index (χ0v) is 27.6. The van der Waals surface area contributed by atoms with Crippen LogP contribution in [0.5, 0.6) is 0 Å². The molecule has 2 aromatic rings. The smallest absolute Gasteiger partial charge is 0.418 e. The Morgan fingerprint density at radius 3 is 2.35 bits per heavy atom. The monoisotopic (exact) mass is 691 g/mol. The first-order chi connectivity index (χ1) is 22.8. The number of rotatable bonds is 8. The number of carbonyl (C=O) groups excluding carboxylic acids is 4. The van der Waals surface area contributed by atoms with Crippen molar-refractivity contribution in [2.75, 3.05) is 50.9 Å². The molecule has 0 saturated carbocycles. The number of anilines is 2. The molecular weight excluding hydrogens is 651 g/mol. The minimum Gasteiger partial charge on any atom is -0.469 e. The normalized spacial score (nSPS) is 18.5. The predicted molar refractivity (Wildman–Crippen MR) is 174 cm³/mol. The highest BCUT2D eigenvalue weighted by molar-refractivity contribution is 6.33. The summed E-state index contributed by atoms with van der Waals surface area (Å²) in [7, 11) is 1.32. The van der Waals surface area contributed by atoms with Gasteiger partial charge >= 0.3 is 18.2 Å². The van der Waals surface area contributed by atoms with Crippen molar-refractivity contribution >= 4 is 46.8 Å². The second kappa shape index (κ2) is 15.0. The Morgan fingerprint density at radius 1 is 1.02 bits per heavy atom. The first kappa shape index (κ1) is 35.3. The summed E-state index contributed by atoms with van der Waals surface area (Å²) in [4.78, 5) is 57.5. The van der Waals surface area contributed by atoms with E-state index in [0.29, 0.717) is 64.8 Å². The fourth-order valence-corrected chi connectivity index (χ4v) is 7.24. The summed E-state index contributed by atoms with van der Waals surface area (Å²) in [5.41, 5.74) is 5.97. The third kappa shape index (κ3) is 8.34. The lowest BCUT2D eigenvalue weighted by Gasteiger charge is -2.38. The van der Waals surface area contributed by atoms with Gasteiger partial charge in [0.25, 0.3) is 0 Å². The number of urea groups is 1. The SMILES string of the molecule is COC(=O)CC1CCN(C(=O)C(CC(=O)N2CCC(N3CCc4ccccc4NC3=O)CC2)Cc2cc(Cl)c(N)c(C(F)(F)F)c2)CC1. The molecule has 3 aliphatic rings. The number of nitrogen functional groups attached to an aromatic ring is 1. The molecule has 2 fully saturated rings. The number of hydrogen-bond donors (Lipinski definition) is 2. The number of alkyl halides is 3. The number of fused-ring (bicyclic) bond motifs is 1. The van der Waals surface area contributed by atoms with Gasteiger partial charge in [-0.1, -0.05) is 29.8 Å². The van der Waals surface area contributed by atoms with Crippen molar-refractivity contribution in [3.05, 3.63) is 58.1 Å². The van der Waals surface area contributed by atoms with E-state index in [9.17, 15) is 32.3 Å². The van der Waals surface area contributed by atoms with E-state index in [1.165, 1.54) is 13.2 Å². The van der Waals surface area contributed by atoms with Crippen molar-refractivity contribution in [1.82, 2.24) is 14.7 Å². The van der Waals surface area contributed by atoms with E-state index in [1.807, 2.05) is 29.2 Å². The van der Waals surface area contributed by atoms with Gasteiger partial charge in [0.2, 0.25) is 11.8 Å². The van der Waals surface area contributed by atoms with Crippen LogP contribution in [-0.2, 0) is 38.1 Å². The summed E-state index contributed by atoms with van der Waals surface area (Å²) in [6.07, 6.45) is -1.89. The van der Waals surface area contributed by atoms with Crippen molar-refractivity contribution in [2.45, 2.75) is 63.6 Å². The largest absolute Gasteiger partial charge is 0.469 e. The molecular formula is C34H41ClF3N5O5. The van der Waals surface area contributed by atoms with Gasteiger partial charge in [-0.05, 0) is 73.8 Å². The molecule has 4 amide bonds. The van der Waals surface area contributed by atoms with E-state index in [0.717, 1.165) is 17.3 Å². The summed E-state index contributed by atoms with van der Waals surface area (Å²) >= 11 is 6.09. The van der Waals surface area contributed by atoms with Crippen LogP contribution in [0.25, 0.3) is 0 Å². The number of methoxy groups -OCH3 is 1. The highest BCUT2D eigenvalue weighted by atomic mass is 35.5. The van der Waals surface area contributed by atoms with Gasteiger partial charge in [0.1, 0.15) is 0 Å². The van der Waals surface area contributed by atoms with E-state index in [2.05, 4.69) is 5.32 Å². The molecule has 3 heterocycles. The second-order valence-electron chi connectivity index (χ2n) is 12.8. The van der Waals surface area contributed by atoms with Gasteiger partial charge in [-0.25, -0.2) is 4.79 Å². The number of likely N-dealkylation sites (tertiary alicyclic amines) is 2. The van der Waals surface area contributed by atoms with Crippen molar-refractivity contribution < 1.29 is 37.1 Å². The standard InChI is InChI=1S/C34H41ClF3N5O5/c1-48-30(45)19-21-6-11-42(12-7-21)32(46)24(16-22-17-26(34(36,37)38)31(39)27(35)18-22)20-29(44)41-13-9-25(10-14-41)43-15-8-23-4-2-3-5-28(23)40-33(43)47/h2-5,17-18,21,24-25H,6-16,19-20,39H2,1H3,(H,40,47). The highest BCUT2D eigenvalue weighted by Gasteiger charge is 2.37. The quantitative estimate of drug-likeness (QED) is 0.283. The molecule has 2 aromatic carbocycles. The molecule has 0 aromatic heterocycles. The average Bonchev–Trinajstić information content (AvgIpc) is 3.23. The Balaban J connectivity index is 1.26. The molecule has 10 nitrogen and oxygen atoms in total. The first-order valence-electron chi connectivity index (χ1n) is 16.3. The van der Waals surface area contributed by atoms with Crippen LogP contribution in [0, 0.1) is 11.8 Å². The molecule has 5 rings (SSSR count). The molecule has 3 aliphatic heterocycles. The molecule has 1 atom stereocenters. The first-order valence-corrected chi connectivity index (χ1v) is 16.7. The number of amides is 4. The van der Waals surface area contributed by atoms with Crippen LogP contribution in [-0.4, -0.2) is 84.4 Å². The number of ether oxygens (including phenoxy) is 1. The third-order valence-electron chi connectivity index (χ3n) is 9.76. The van der Waals surface area contributed by atoms with Crippen LogP contribution in [0.3, 0.4) is 0 Å². The average molecular weight is 692 g/mol. The zero-order valence-electron chi connectivity index (χ0n) is 26.9. The Morgan fingerprint density at radius 2 is 1.69 bits per heavy atom. The van der Waals surface area contributed by atoms with E-state index in [1.54, 1.807) is 9.80 Å². The van der Waals surface area contributed by atoms with E-state index in [-0.39, 0.29) is 65.6 Å². The van der Waals surface area contributed by atoms with Gasteiger partial charge in [-0.2, -0.15) is 13.2 Å². The van der Waals surface area contributed by atoms with Crippen LogP contribution < -0.4 is 11.1 Å². The zero-order chi connectivity index (χ0) is 34.6. The lowest BCUT2D eigenvalue weighted by atomic mass is 9.89. The summed E-state index contributed by atoms with van der Waals surface area (Å²) < 4.78 is 46.0. The van der Waals surface area contributed by atoms with E-state index in [4.69, 9.17) is 22.1 Å². The number of nitrogens with one attached hydrogen (secondary N) is 1. The number of piperidine rings is 2. The van der Waals surface area contributed by atoms with E-state index >= 15 is 0 Å². The number of nitrogens with zero attached hydrogens (tertiary/aromatic N) is 3. The van der Waals surface area contributed by atoms with Gasteiger partial charge in [0, 0.05) is 57.3 Å². The lowest BCUT2D eigenvalue weighted by Crippen LogP contribution is -2.50. The van der Waals surface area contributed by atoms with Gasteiger partial charge in [0.05, 0.1) is 29.3 Å². The summed E-state index contributed by atoms with van der Waals surface area (Å²) in [5, 5.41) is 2.71. The lowest BCUT2D eigenvalue weighted by molar-refractivity contribution is -0.144. The van der Waals surface area contributed by atoms with Gasteiger partial charge in [-0.15, -0.1) is 0 Å². The van der Waals surface area contributed by atoms with Crippen molar-refractivity contribution in [3.63, 3.8) is 0 Å². The number of nitrogens with two attached hydrogens (primary N) is 1. The minimum atomic E-state index is -4.75. The Kier molecular flexibility index (Phi) is 11.1. The molecule has 260 valence electrons. The molecule has 1 unspecified atom stereocenters. The summed E-state index contributed by atoms with van der Waals surface area (Å²) in [5.74, 6) is -1.83. The fraction of sp³-hybridized carbons (Fsp3) is 0.529. The Hall–Kier alpha value is -4.00. The van der Waals surface area contributed by atoms with Gasteiger partial charge < -0.3 is 30.5 Å². The van der Waals surface area contributed by atoms with Crippen LogP contribution >= 0.6 is 11.6 Å². The number of benzene rings is 2. The molecule has 0 radical (unpaired) electrons. The summed E-state index contributed by atoms with van der Waals surface area (Å²) in [6, 6.07) is 9.65. The van der Waals surface area contributed by atoms with E-state index < -0.39 is 23.3 Å². The number of hydrogen-bond acceptors (Lipinski definition) is 6. The highest BCUT2D eigenvalue weighted by Crippen LogP contribution is 2.38. The second-order valence-corrected chi connectivity index (χ2v) is 13.2. The van der Waals surface area contributed by atoms with Crippen molar-refractivity contribution in [3.8, 4) is 0 Å². The molecule has 0 bridgehead atoms. The maximum absolute atomic E-state index is 13.9. The van der Waals surface area contributed by atoms with Crippen LogP contribution in [0.2, 0.25) is 5.02 Å². The minimum absolute atomic E-state index is 0.0496. The molecule has 48 heavy (non-hydrogen) atoms. The fourth-order valence-electron chi connectivity index (χ4n) is 7.00. The molecule has 2 saturated heterocycles. The number of para-hydroxylation sites is 1. The molecule has 14 heteroatoms. The number of carbonyl (C=O) groups is 4. The summed E-state index contributed by atoms with van der Waals surface area (Å²) in [6.45, 7) is 2.03. The Bertz CT molecular complexity index is 1520. The van der Waals surface area contributed by atoms with Crippen molar-refractivity contribution in [1.29, 1.82) is 0 Å². The third-order valence-corrected chi connectivity index (χ3v) is 10.1. The van der Waals surface area contributed by atoms with Crippen molar-refractivity contribution in [2.24, 2.45) is 11.8 Å². The topological polar surface area (TPSA) is 125 Å². The molecule has 0 aliphatic carbocycles. The maximum atomic E-state index is 13.9. The molecule has 3 N–H and O–H groups in total. The van der Waals surface area contributed by atoms with Crippen LogP contribution in [0.4, 0.5) is 29.3 Å². The maximum Gasteiger partial charge on any atom is 0.418 e. The predicted octanol–water partition coefficient (Wildman–Crippen LogP) is 5.37.